The monoisotopic (exact) mass is 181 g/mol. The molecule has 0 aliphatic heterocycles. The van der Waals surface area contributed by atoms with Gasteiger partial charge in [-0.05, 0) is 17.3 Å². The molecule has 1 unspecified atom stereocenters. The number of azide groups is 1. The third-order valence-electron chi connectivity index (χ3n) is 1.43. The highest BCUT2D eigenvalue weighted by atomic mass is 31.1. The van der Waals surface area contributed by atoms with Crippen molar-refractivity contribution in [2.75, 3.05) is 0 Å². The first-order valence-electron chi connectivity index (χ1n) is 3.40. The summed E-state index contributed by atoms with van der Waals surface area (Å²) in [5.74, 6) is 0. The van der Waals surface area contributed by atoms with E-state index in [9.17, 15) is 4.57 Å². The molecule has 0 heterocycles. The second kappa shape index (κ2) is 3.96. The second-order valence-corrected chi connectivity index (χ2v) is 3.75. The Morgan fingerprint density at radius 3 is 2.50 bits per heavy atom. The molecule has 5 heteroatoms. The topological polar surface area (TPSA) is 65.8 Å². The zero-order valence-electron chi connectivity index (χ0n) is 6.56. The molecule has 0 fully saturated rings. The van der Waals surface area contributed by atoms with Gasteiger partial charge >= 0.3 is 0 Å². The fraction of sp³-hybridized carbons (Fsp3) is 0.143. The predicted molar refractivity (Wildman–Crippen MR) is 49.0 cm³/mol. The molecule has 4 nitrogen and oxygen atoms in total. The van der Waals surface area contributed by atoms with Crippen LogP contribution in [0.15, 0.2) is 29.2 Å². The summed E-state index contributed by atoms with van der Waals surface area (Å²) in [4.78, 5) is 5.64. The van der Waals surface area contributed by atoms with Gasteiger partial charge in [-0.15, -0.1) is 0 Å². The van der Waals surface area contributed by atoms with E-state index in [0.717, 1.165) is 5.56 Å². The minimum absolute atomic E-state index is 0.600. The number of rotatable bonds is 2. The molecule has 1 rings (SSSR count). The van der Waals surface area contributed by atoms with Crippen LogP contribution in [-0.4, -0.2) is 0 Å². The lowest BCUT2D eigenvalue weighted by molar-refractivity contribution is 0.594. The third-order valence-corrected chi connectivity index (χ3v) is 2.53. The molecule has 0 aliphatic rings. The van der Waals surface area contributed by atoms with Crippen LogP contribution in [0.4, 0.5) is 0 Å². The van der Waals surface area contributed by atoms with Crippen LogP contribution in [0.5, 0.6) is 0 Å². The average Bonchev–Trinajstić information content (AvgIpc) is 2.06. The van der Waals surface area contributed by atoms with Crippen LogP contribution in [-0.2, 0) is 4.57 Å². The van der Waals surface area contributed by atoms with Gasteiger partial charge in [-0.2, -0.15) is 0 Å². The maximum absolute atomic E-state index is 11.1. The van der Waals surface area contributed by atoms with Crippen molar-refractivity contribution in [3.63, 3.8) is 0 Å². The fourth-order valence-corrected chi connectivity index (χ4v) is 1.44. The molecule has 0 saturated carbocycles. The largest absolute Gasteiger partial charge is 0.315 e. The summed E-state index contributed by atoms with van der Waals surface area (Å²) in [6.07, 6.45) is 0. The summed E-state index contributed by atoms with van der Waals surface area (Å²) in [5, 5.41) is 0.600. The van der Waals surface area contributed by atoms with Gasteiger partial charge in [-0.3, -0.25) is 0 Å². The van der Waals surface area contributed by atoms with E-state index >= 15 is 0 Å². The summed E-state index contributed by atoms with van der Waals surface area (Å²) < 4.78 is 11.1. The minimum Gasteiger partial charge on any atom is -0.315 e. The number of benzene rings is 1. The molecule has 0 saturated heterocycles. The Kier molecular flexibility index (Phi) is 2.92. The highest BCUT2D eigenvalue weighted by molar-refractivity contribution is 7.51. The third kappa shape index (κ3) is 2.12. The lowest BCUT2D eigenvalue weighted by Crippen LogP contribution is -1.92. The van der Waals surface area contributed by atoms with Crippen molar-refractivity contribution in [3.05, 3.63) is 40.3 Å². The van der Waals surface area contributed by atoms with Gasteiger partial charge in [0.15, 0.2) is 7.95 Å². The number of hydrogen-bond acceptors (Lipinski definition) is 1. The van der Waals surface area contributed by atoms with E-state index in [1.165, 1.54) is 0 Å². The Morgan fingerprint density at radius 2 is 2.00 bits per heavy atom. The van der Waals surface area contributed by atoms with Gasteiger partial charge in [0, 0.05) is 10.2 Å². The fourth-order valence-electron chi connectivity index (χ4n) is 0.794. The molecule has 1 aromatic rings. The Morgan fingerprint density at radius 1 is 1.42 bits per heavy atom. The zero-order valence-corrected chi connectivity index (χ0v) is 7.56. The molecule has 0 radical (unpaired) electrons. The Hall–Kier alpha value is -1.24. The van der Waals surface area contributed by atoms with Crippen molar-refractivity contribution in [2.45, 2.75) is 6.92 Å². The molecule has 0 amide bonds. The first kappa shape index (κ1) is 8.85. The zero-order chi connectivity index (χ0) is 8.97. The Labute approximate surface area is 70.7 Å². The van der Waals surface area contributed by atoms with Crippen molar-refractivity contribution in [1.29, 1.82) is 0 Å². The van der Waals surface area contributed by atoms with E-state index in [1.807, 2.05) is 19.1 Å². The Balaban J connectivity index is 2.97. The van der Waals surface area contributed by atoms with Gasteiger partial charge < -0.3 is 4.57 Å². The minimum atomic E-state index is -2.28. The van der Waals surface area contributed by atoms with Crippen molar-refractivity contribution < 1.29 is 4.57 Å². The molecule has 1 atom stereocenters. The van der Waals surface area contributed by atoms with Crippen LogP contribution in [0.1, 0.15) is 5.56 Å². The molecule has 0 spiro atoms. The van der Waals surface area contributed by atoms with Gasteiger partial charge in [0.1, 0.15) is 0 Å². The van der Waals surface area contributed by atoms with Crippen molar-refractivity contribution >= 4 is 13.3 Å². The number of hydrogen-bond donors (Lipinski definition) is 0. The lowest BCUT2D eigenvalue weighted by atomic mass is 10.2. The molecule has 1 aromatic carbocycles. The van der Waals surface area contributed by atoms with E-state index in [2.05, 4.69) is 9.80 Å². The Bertz CT molecular complexity index is 340. The molecule has 0 N–H and O–H groups in total. The summed E-state index contributed by atoms with van der Waals surface area (Å²) in [6, 6.07) is 7.10. The van der Waals surface area contributed by atoms with Crippen LogP contribution in [0, 0.1) is 6.92 Å². The molecule has 62 valence electrons. The van der Waals surface area contributed by atoms with Crippen molar-refractivity contribution in [3.8, 4) is 0 Å². The molecule has 12 heavy (non-hydrogen) atoms. The molecule has 0 aliphatic carbocycles. The van der Waals surface area contributed by atoms with Crippen molar-refractivity contribution in [2.24, 2.45) is 4.88 Å². The maximum atomic E-state index is 11.1. The lowest BCUT2D eigenvalue weighted by Gasteiger charge is -1.95. The summed E-state index contributed by atoms with van der Waals surface area (Å²) in [5.41, 5.74) is 9.13. The highest BCUT2D eigenvalue weighted by Crippen LogP contribution is 2.21. The highest BCUT2D eigenvalue weighted by Gasteiger charge is 1.97. The van der Waals surface area contributed by atoms with E-state index in [1.54, 1.807) is 12.1 Å². The number of aryl methyl sites for hydroxylation is 1. The summed E-state index contributed by atoms with van der Waals surface area (Å²) in [6.45, 7) is 1.94. The van der Waals surface area contributed by atoms with Crippen LogP contribution in [0.3, 0.4) is 0 Å². The quantitative estimate of drug-likeness (QED) is 0.299. The molecular weight excluding hydrogens is 173 g/mol. The molecular formula is C7H8N3OP. The first-order valence-corrected chi connectivity index (χ1v) is 4.75. The summed E-state index contributed by atoms with van der Waals surface area (Å²) >= 11 is 0. The van der Waals surface area contributed by atoms with Crippen LogP contribution >= 0.6 is 7.95 Å². The van der Waals surface area contributed by atoms with Crippen LogP contribution < -0.4 is 5.30 Å². The number of nitrogens with zero attached hydrogens (tertiary/aromatic N) is 3. The predicted octanol–water partition coefficient (Wildman–Crippen LogP) is 2.41. The average molecular weight is 181 g/mol. The van der Waals surface area contributed by atoms with Gasteiger partial charge in [0.25, 0.3) is 0 Å². The van der Waals surface area contributed by atoms with Crippen molar-refractivity contribution in [1.82, 2.24) is 0 Å². The first-order chi connectivity index (χ1) is 5.74. The normalized spacial score (nSPS) is 11.8. The van der Waals surface area contributed by atoms with Gasteiger partial charge in [0.2, 0.25) is 0 Å². The van der Waals surface area contributed by atoms with Gasteiger partial charge in [0.05, 0.1) is 0 Å². The standard InChI is InChI=1S/C7H8N3OP/c1-6-2-4-7(5-3-6)12(11)10-9-8/h2-5,12H,1H3. The van der Waals surface area contributed by atoms with Gasteiger partial charge in [-0.25, -0.2) is 0 Å². The van der Waals surface area contributed by atoms with E-state index in [0.29, 0.717) is 5.30 Å². The van der Waals surface area contributed by atoms with Crippen LogP contribution in [0.2, 0.25) is 0 Å². The molecule has 0 aromatic heterocycles. The SMILES string of the molecule is Cc1ccc([PH](=O)N=[N+]=[N-])cc1. The van der Waals surface area contributed by atoms with Crippen LogP contribution in [0.25, 0.3) is 10.4 Å². The maximum Gasteiger partial charge on any atom is 0.189 e. The van der Waals surface area contributed by atoms with E-state index in [4.69, 9.17) is 5.53 Å². The smallest absolute Gasteiger partial charge is 0.189 e. The second-order valence-electron chi connectivity index (χ2n) is 2.36. The van der Waals surface area contributed by atoms with Gasteiger partial charge in [-0.1, -0.05) is 29.8 Å². The summed E-state index contributed by atoms with van der Waals surface area (Å²) in [7, 11) is -2.28. The van der Waals surface area contributed by atoms with E-state index < -0.39 is 7.95 Å². The molecule has 0 bridgehead atoms. The van der Waals surface area contributed by atoms with E-state index in [-0.39, 0.29) is 0 Å².